The van der Waals surface area contributed by atoms with Gasteiger partial charge in [0.25, 0.3) is 0 Å². The van der Waals surface area contributed by atoms with Crippen LogP contribution in [0.4, 0.5) is 0 Å². The molecule has 3 unspecified atom stereocenters. The van der Waals surface area contributed by atoms with Crippen molar-refractivity contribution >= 4 is 5.91 Å². The van der Waals surface area contributed by atoms with Gasteiger partial charge in [0, 0.05) is 19.1 Å². The number of likely N-dealkylation sites (N-methyl/N-ethyl adjacent to an activating group) is 1. The van der Waals surface area contributed by atoms with Crippen LogP contribution in [0.2, 0.25) is 0 Å². The van der Waals surface area contributed by atoms with Crippen molar-refractivity contribution in [2.45, 2.75) is 57.9 Å². The number of amides is 1. The van der Waals surface area contributed by atoms with Gasteiger partial charge in [0.1, 0.15) is 0 Å². The van der Waals surface area contributed by atoms with E-state index in [2.05, 4.69) is 17.1 Å². The standard InChI is InChI=1S/C17H28N2O/c1-16-6-12-5-13(7-16)9-17(8-12,11-16)15(20)19-4-3-14(10-19)18-2/h12-14,18H,3-11H2,1-2H3. The predicted molar refractivity (Wildman–Crippen MR) is 79.3 cm³/mol. The third-order valence-corrected chi connectivity index (χ3v) is 6.69. The van der Waals surface area contributed by atoms with E-state index in [9.17, 15) is 4.79 Å². The third kappa shape index (κ3) is 1.85. The molecule has 3 nitrogen and oxygen atoms in total. The molecule has 3 heteroatoms. The van der Waals surface area contributed by atoms with Crippen LogP contribution in [0.1, 0.15) is 51.9 Å². The summed E-state index contributed by atoms with van der Waals surface area (Å²) in [5, 5.41) is 3.34. The van der Waals surface area contributed by atoms with Gasteiger partial charge in [0.15, 0.2) is 0 Å². The zero-order valence-electron chi connectivity index (χ0n) is 13.0. The highest BCUT2D eigenvalue weighted by molar-refractivity contribution is 5.83. The molecular formula is C17H28N2O. The van der Waals surface area contributed by atoms with Crippen molar-refractivity contribution in [1.29, 1.82) is 0 Å². The Balaban J connectivity index is 1.57. The number of nitrogens with zero attached hydrogens (tertiary/aromatic N) is 1. The van der Waals surface area contributed by atoms with Crippen molar-refractivity contribution in [1.82, 2.24) is 10.2 Å². The maximum absolute atomic E-state index is 13.2. The Labute approximate surface area is 122 Å². The number of nitrogens with one attached hydrogen (secondary N) is 1. The lowest BCUT2D eigenvalue weighted by Crippen LogP contribution is -2.57. The second kappa shape index (κ2) is 4.22. The predicted octanol–water partition coefficient (Wildman–Crippen LogP) is 2.41. The van der Waals surface area contributed by atoms with Crippen molar-refractivity contribution in [2.75, 3.05) is 20.1 Å². The molecular weight excluding hydrogens is 248 g/mol. The number of likely N-dealkylation sites (tertiary alicyclic amines) is 1. The van der Waals surface area contributed by atoms with E-state index in [0.717, 1.165) is 31.3 Å². The molecule has 1 heterocycles. The molecule has 1 aliphatic heterocycles. The highest BCUT2D eigenvalue weighted by Crippen LogP contribution is 2.65. The van der Waals surface area contributed by atoms with E-state index in [1.165, 1.54) is 38.5 Å². The number of rotatable bonds is 2. The second-order valence-corrected chi connectivity index (χ2v) is 8.58. The molecule has 0 aromatic heterocycles. The average molecular weight is 276 g/mol. The van der Waals surface area contributed by atoms with Crippen LogP contribution in [0.15, 0.2) is 0 Å². The van der Waals surface area contributed by atoms with Crippen molar-refractivity contribution in [2.24, 2.45) is 22.7 Å². The summed E-state index contributed by atoms with van der Waals surface area (Å²) in [6, 6.07) is 0.517. The smallest absolute Gasteiger partial charge is 0.228 e. The van der Waals surface area contributed by atoms with E-state index in [1.807, 2.05) is 7.05 Å². The molecule has 112 valence electrons. The molecule has 3 atom stereocenters. The summed E-state index contributed by atoms with van der Waals surface area (Å²) in [6.45, 7) is 4.36. The summed E-state index contributed by atoms with van der Waals surface area (Å²) in [5.74, 6) is 2.19. The van der Waals surface area contributed by atoms with Gasteiger partial charge in [-0.3, -0.25) is 4.79 Å². The first kappa shape index (κ1) is 13.1. The molecule has 20 heavy (non-hydrogen) atoms. The quantitative estimate of drug-likeness (QED) is 0.840. The third-order valence-electron chi connectivity index (χ3n) is 6.69. The average Bonchev–Trinajstić information content (AvgIpc) is 2.83. The molecule has 0 aromatic rings. The van der Waals surface area contributed by atoms with E-state index in [4.69, 9.17) is 0 Å². The molecule has 5 fully saturated rings. The topological polar surface area (TPSA) is 32.3 Å². The Kier molecular flexibility index (Phi) is 2.77. The van der Waals surface area contributed by atoms with Crippen molar-refractivity contribution in [3.8, 4) is 0 Å². The molecule has 1 amide bonds. The van der Waals surface area contributed by atoms with Crippen molar-refractivity contribution in [3.05, 3.63) is 0 Å². The first-order chi connectivity index (χ1) is 9.52. The van der Waals surface area contributed by atoms with E-state index < -0.39 is 0 Å². The van der Waals surface area contributed by atoms with Gasteiger partial charge in [-0.1, -0.05) is 6.92 Å². The van der Waals surface area contributed by atoms with Crippen LogP contribution < -0.4 is 5.32 Å². The SMILES string of the molecule is CNC1CCN(C(=O)C23CC4CC(CC(C)(C4)C2)C3)C1. The number of carbonyl (C=O) groups excluding carboxylic acids is 1. The molecule has 4 bridgehead atoms. The minimum atomic E-state index is 0.0292. The Hall–Kier alpha value is -0.570. The fourth-order valence-electron chi connectivity index (χ4n) is 6.49. The van der Waals surface area contributed by atoms with Crippen LogP contribution >= 0.6 is 0 Å². The van der Waals surface area contributed by atoms with Crippen LogP contribution in [-0.4, -0.2) is 37.0 Å². The molecule has 4 aliphatic carbocycles. The molecule has 5 rings (SSSR count). The highest BCUT2D eigenvalue weighted by atomic mass is 16.2. The Morgan fingerprint density at radius 2 is 1.90 bits per heavy atom. The molecule has 0 radical (unpaired) electrons. The fourth-order valence-corrected chi connectivity index (χ4v) is 6.49. The summed E-state index contributed by atoms with van der Waals surface area (Å²) in [6.07, 6.45) is 8.87. The first-order valence-electron chi connectivity index (χ1n) is 8.49. The number of hydrogen-bond donors (Lipinski definition) is 1. The van der Waals surface area contributed by atoms with Gasteiger partial charge in [-0.2, -0.15) is 0 Å². The Morgan fingerprint density at radius 1 is 1.20 bits per heavy atom. The van der Waals surface area contributed by atoms with Crippen LogP contribution in [0.5, 0.6) is 0 Å². The summed E-state index contributed by atoms with van der Waals surface area (Å²) in [5.41, 5.74) is 0.503. The molecule has 0 aromatic carbocycles. The van der Waals surface area contributed by atoms with Gasteiger partial charge < -0.3 is 10.2 Å². The first-order valence-corrected chi connectivity index (χ1v) is 8.49. The summed E-state index contributed by atoms with van der Waals surface area (Å²) in [7, 11) is 2.02. The van der Waals surface area contributed by atoms with Crippen molar-refractivity contribution in [3.63, 3.8) is 0 Å². The normalized spacial score (nSPS) is 49.9. The van der Waals surface area contributed by atoms with Crippen molar-refractivity contribution < 1.29 is 4.79 Å². The van der Waals surface area contributed by atoms with Crippen LogP contribution in [0, 0.1) is 22.7 Å². The van der Waals surface area contributed by atoms with Gasteiger partial charge in [-0.25, -0.2) is 0 Å². The van der Waals surface area contributed by atoms with E-state index in [1.54, 1.807) is 0 Å². The van der Waals surface area contributed by atoms with Gasteiger partial charge in [-0.15, -0.1) is 0 Å². The molecule has 1 saturated heterocycles. The summed E-state index contributed by atoms with van der Waals surface area (Å²) in [4.78, 5) is 15.4. The lowest BCUT2D eigenvalue weighted by Gasteiger charge is -2.61. The van der Waals surface area contributed by atoms with E-state index in [0.29, 0.717) is 17.4 Å². The van der Waals surface area contributed by atoms with Gasteiger partial charge in [-0.05, 0) is 69.2 Å². The maximum atomic E-state index is 13.2. The van der Waals surface area contributed by atoms with E-state index >= 15 is 0 Å². The Bertz CT molecular complexity index is 419. The highest BCUT2D eigenvalue weighted by Gasteiger charge is 2.59. The molecule has 0 spiro atoms. The lowest BCUT2D eigenvalue weighted by atomic mass is 9.44. The zero-order valence-corrected chi connectivity index (χ0v) is 13.0. The molecule has 5 aliphatic rings. The van der Waals surface area contributed by atoms with E-state index in [-0.39, 0.29) is 5.41 Å². The molecule has 1 N–H and O–H groups in total. The van der Waals surface area contributed by atoms with Gasteiger partial charge in [0.05, 0.1) is 5.41 Å². The fraction of sp³-hybridized carbons (Fsp3) is 0.941. The minimum Gasteiger partial charge on any atom is -0.341 e. The van der Waals surface area contributed by atoms with Gasteiger partial charge in [0.2, 0.25) is 5.91 Å². The van der Waals surface area contributed by atoms with Crippen LogP contribution in [0.3, 0.4) is 0 Å². The summed E-state index contributed by atoms with van der Waals surface area (Å²) >= 11 is 0. The zero-order chi connectivity index (χ0) is 14.0. The largest absolute Gasteiger partial charge is 0.341 e. The maximum Gasteiger partial charge on any atom is 0.228 e. The number of carbonyl (C=O) groups is 1. The van der Waals surface area contributed by atoms with Crippen LogP contribution in [-0.2, 0) is 4.79 Å². The minimum absolute atomic E-state index is 0.0292. The van der Waals surface area contributed by atoms with Crippen LogP contribution in [0.25, 0.3) is 0 Å². The van der Waals surface area contributed by atoms with Gasteiger partial charge >= 0.3 is 0 Å². The summed E-state index contributed by atoms with van der Waals surface area (Å²) < 4.78 is 0. The lowest BCUT2D eigenvalue weighted by molar-refractivity contribution is -0.165. The second-order valence-electron chi connectivity index (χ2n) is 8.58. The molecule has 4 saturated carbocycles. The monoisotopic (exact) mass is 276 g/mol. The Morgan fingerprint density at radius 3 is 2.45 bits per heavy atom. The number of hydrogen-bond acceptors (Lipinski definition) is 2.